The van der Waals surface area contributed by atoms with Crippen molar-refractivity contribution in [2.24, 2.45) is 0 Å². The molecule has 0 spiro atoms. The molecule has 0 aromatic heterocycles. The van der Waals surface area contributed by atoms with Crippen LogP contribution in [0.1, 0.15) is 13.8 Å². The number of fused-ring (bicyclic) bond motifs is 1. The third-order valence-corrected chi connectivity index (χ3v) is 8.17. The standard InChI is InChI=1S/C29H44N2O17/c1-11(34)30-18(22(38)20(36)15(8-32)45-29-25(41)24(40)21(37)16(9-33)46-29)27-43-10-17-26(48-27)23(39)19(31-12(2)35)28(47-17)44-14-6-4-13(42-3)5-7-14/h4-7,15-29,32-33,36-41H,8-10H2,1-3H3,(H,30,34)(H,31,35)/t15-,16-,17-,18-,19-,20+,21-,22-,23-,24+,25-,26+,27?,28+,29-/m1/s1. The molecular weight excluding hydrogens is 648 g/mol. The lowest BCUT2D eigenvalue weighted by Gasteiger charge is -2.49. The van der Waals surface area contributed by atoms with Crippen molar-refractivity contribution in [2.75, 3.05) is 26.9 Å². The molecule has 19 heteroatoms. The van der Waals surface area contributed by atoms with Crippen LogP contribution in [0.2, 0.25) is 0 Å². The number of benzene rings is 1. The first kappa shape index (κ1) is 38.0. The van der Waals surface area contributed by atoms with Crippen molar-refractivity contribution in [2.45, 2.75) is 106 Å². The van der Waals surface area contributed by atoms with Crippen LogP contribution in [0.15, 0.2) is 24.3 Å². The van der Waals surface area contributed by atoms with Crippen LogP contribution in [-0.4, -0.2) is 172 Å². The van der Waals surface area contributed by atoms with Gasteiger partial charge in [0.15, 0.2) is 12.6 Å². The lowest BCUT2D eigenvalue weighted by molar-refractivity contribution is -0.342. The molecule has 1 aromatic rings. The Hall–Kier alpha value is -2.76. The maximum absolute atomic E-state index is 12.2. The van der Waals surface area contributed by atoms with Gasteiger partial charge < -0.3 is 84.6 Å². The van der Waals surface area contributed by atoms with E-state index in [2.05, 4.69) is 10.6 Å². The van der Waals surface area contributed by atoms with E-state index in [1.165, 1.54) is 14.0 Å². The van der Waals surface area contributed by atoms with E-state index in [0.717, 1.165) is 6.92 Å². The number of nitrogens with one attached hydrogen (secondary N) is 2. The number of carbonyl (C=O) groups is 2. The summed E-state index contributed by atoms with van der Waals surface area (Å²) in [4.78, 5) is 24.2. The average molecular weight is 693 g/mol. The molecule has 0 bridgehead atoms. The monoisotopic (exact) mass is 692 g/mol. The summed E-state index contributed by atoms with van der Waals surface area (Å²) in [5.41, 5.74) is 0. The van der Waals surface area contributed by atoms with Gasteiger partial charge in [0, 0.05) is 13.8 Å². The van der Waals surface area contributed by atoms with Crippen molar-refractivity contribution in [3.8, 4) is 11.5 Å². The molecule has 10 N–H and O–H groups in total. The molecule has 3 aliphatic heterocycles. The van der Waals surface area contributed by atoms with Crippen LogP contribution in [0, 0.1) is 0 Å². The number of aliphatic hydroxyl groups excluding tert-OH is 8. The Morgan fingerprint density at radius 1 is 0.875 bits per heavy atom. The molecule has 3 saturated heterocycles. The number of aliphatic hydroxyl groups is 8. The smallest absolute Gasteiger partial charge is 0.223 e. The zero-order chi connectivity index (χ0) is 35.3. The molecule has 19 nitrogen and oxygen atoms in total. The Bertz CT molecular complexity index is 1190. The summed E-state index contributed by atoms with van der Waals surface area (Å²) in [6.07, 6.45) is -20.7. The first-order valence-corrected chi connectivity index (χ1v) is 15.2. The van der Waals surface area contributed by atoms with Crippen molar-refractivity contribution < 1.29 is 83.6 Å². The van der Waals surface area contributed by atoms with Gasteiger partial charge in [0.1, 0.15) is 84.6 Å². The van der Waals surface area contributed by atoms with Gasteiger partial charge in [0.05, 0.1) is 26.9 Å². The molecule has 2 amide bonds. The second kappa shape index (κ2) is 16.8. The fourth-order valence-corrected chi connectivity index (χ4v) is 5.64. The Balaban J connectivity index is 1.49. The quantitative estimate of drug-likeness (QED) is 0.0924. The van der Waals surface area contributed by atoms with Gasteiger partial charge in [0.25, 0.3) is 0 Å². The molecule has 3 fully saturated rings. The maximum Gasteiger partial charge on any atom is 0.223 e. The lowest BCUT2D eigenvalue weighted by Crippen LogP contribution is -2.70. The first-order chi connectivity index (χ1) is 22.8. The van der Waals surface area contributed by atoms with E-state index in [9.17, 15) is 50.4 Å². The molecule has 4 rings (SSSR count). The average Bonchev–Trinajstić information content (AvgIpc) is 3.07. The first-order valence-electron chi connectivity index (χ1n) is 15.2. The molecule has 0 saturated carbocycles. The van der Waals surface area contributed by atoms with E-state index in [4.69, 9.17) is 33.2 Å². The number of hydrogen-bond acceptors (Lipinski definition) is 17. The number of hydrogen-bond donors (Lipinski definition) is 10. The van der Waals surface area contributed by atoms with Crippen molar-refractivity contribution in [3.63, 3.8) is 0 Å². The van der Waals surface area contributed by atoms with Crippen LogP contribution >= 0.6 is 0 Å². The third kappa shape index (κ3) is 8.69. The van der Waals surface area contributed by atoms with Crippen molar-refractivity contribution >= 4 is 11.8 Å². The predicted octanol–water partition coefficient (Wildman–Crippen LogP) is -5.19. The van der Waals surface area contributed by atoms with Crippen LogP contribution in [-0.2, 0) is 33.3 Å². The van der Waals surface area contributed by atoms with Gasteiger partial charge in [-0.1, -0.05) is 0 Å². The topological polar surface area (TPSA) is 285 Å². The highest BCUT2D eigenvalue weighted by atomic mass is 16.8. The minimum absolute atomic E-state index is 0.272. The van der Waals surface area contributed by atoms with Crippen LogP contribution in [0.4, 0.5) is 0 Å². The largest absolute Gasteiger partial charge is 0.497 e. The van der Waals surface area contributed by atoms with E-state index in [0.29, 0.717) is 11.5 Å². The molecule has 1 aromatic carbocycles. The molecule has 272 valence electrons. The summed E-state index contributed by atoms with van der Waals surface area (Å²) < 4.78 is 39.5. The van der Waals surface area contributed by atoms with E-state index >= 15 is 0 Å². The fraction of sp³-hybridized carbons (Fsp3) is 0.724. The highest BCUT2D eigenvalue weighted by Gasteiger charge is 2.53. The van der Waals surface area contributed by atoms with E-state index in [1.54, 1.807) is 24.3 Å². The second-order valence-corrected chi connectivity index (χ2v) is 11.6. The normalized spacial score (nSPS) is 36.1. The lowest BCUT2D eigenvalue weighted by atomic mass is 9.94. The van der Waals surface area contributed by atoms with Gasteiger partial charge in [-0.15, -0.1) is 0 Å². The Morgan fingerprint density at radius 3 is 2.12 bits per heavy atom. The van der Waals surface area contributed by atoms with Crippen LogP contribution < -0.4 is 20.1 Å². The second-order valence-electron chi connectivity index (χ2n) is 11.6. The maximum atomic E-state index is 12.2. The van der Waals surface area contributed by atoms with Gasteiger partial charge in [-0.05, 0) is 24.3 Å². The summed E-state index contributed by atoms with van der Waals surface area (Å²) in [6.45, 7) is 0.321. The van der Waals surface area contributed by atoms with Gasteiger partial charge >= 0.3 is 0 Å². The van der Waals surface area contributed by atoms with E-state index in [-0.39, 0.29) is 6.61 Å². The summed E-state index contributed by atoms with van der Waals surface area (Å²) >= 11 is 0. The molecule has 3 heterocycles. The predicted molar refractivity (Wildman–Crippen MR) is 156 cm³/mol. The van der Waals surface area contributed by atoms with Crippen LogP contribution in [0.25, 0.3) is 0 Å². The van der Waals surface area contributed by atoms with Crippen molar-refractivity contribution in [3.05, 3.63) is 24.3 Å². The highest BCUT2D eigenvalue weighted by molar-refractivity contribution is 5.73. The summed E-state index contributed by atoms with van der Waals surface area (Å²) in [7, 11) is 1.50. The number of amides is 2. The van der Waals surface area contributed by atoms with Crippen LogP contribution in [0.3, 0.4) is 0 Å². The summed E-state index contributed by atoms with van der Waals surface area (Å²) in [5.74, 6) is -0.306. The SMILES string of the molecule is COc1ccc(O[C@H]2O[C@@H]3COC([C@H](NC(C)=O)[C@@H](O)[C@@H](O)[C@@H](CO)O[C@@H]4O[C@H](CO)[C@@H](O)[C@H](O)[C@H]4O)O[C@@H]3[C@H](O)[C@H]2NC(C)=O)cc1. The summed E-state index contributed by atoms with van der Waals surface area (Å²) in [6, 6.07) is 3.75. The minimum Gasteiger partial charge on any atom is -0.497 e. The molecule has 15 atom stereocenters. The number of ether oxygens (including phenoxy) is 7. The Morgan fingerprint density at radius 2 is 1.54 bits per heavy atom. The Kier molecular flexibility index (Phi) is 13.3. The number of methoxy groups -OCH3 is 1. The molecule has 0 aliphatic carbocycles. The zero-order valence-electron chi connectivity index (χ0n) is 26.3. The van der Waals surface area contributed by atoms with Crippen molar-refractivity contribution in [1.82, 2.24) is 10.6 Å². The molecule has 3 aliphatic rings. The molecule has 1 unspecified atom stereocenters. The number of rotatable bonds is 13. The highest BCUT2D eigenvalue weighted by Crippen LogP contribution is 2.32. The van der Waals surface area contributed by atoms with E-state index in [1.807, 2.05) is 0 Å². The van der Waals surface area contributed by atoms with E-state index < -0.39 is 117 Å². The van der Waals surface area contributed by atoms with Crippen LogP contribution in [0.5, 0.6) is 11.5 Å². The third-order valence-electron chi connectivity index (χ3n) is 8.17. The van der Waals surface area contributed by atoms with Gasteiger partial charge in [-0.2, -0.15) is 0 Å². The minimum atomic E-state index is -2.04. The fourth-order valence-electron chi connectivity index (χ4n) is 5.64. The van der Waals surface area contributed by atoms with Gasteiger partial charge in [0.2, 0.25) is 18.1 Å². The molecular formula is C29H44N2O17. The summed E-state index contributed by atoms with van der Waals surface area (Å²) in [5, 5.41) is 88.4. The van der Waals surface area contributed by atoms with Gasteiger partial charge in [-0.3, -0.25) is 9.59 Å². The molecule has 48 heavy (non-hydrogen) atoms. The van der Waals surface area contributed by atoms with Gasteiger partial charge in [-0.25, -0.2) is 0 Å². The zero-order valence-corrected chi connectivity index (χ0v) is 26.3. The molecule has 0 radical (unpaired) electrons. The van der Waals surface area contributed by atoms with Crippen molar-refractivity contribution in [1.29, 1.82) is 0 Å². The number of carbonyl (C=O) groups excluding carboxylic acids is 2. The Labute approximate surface area is 274 Å².